The van der Waals surface area contributed by atoms with Crippen LogP contribution in [0, 0.1) is 0 Å². The minimum Gasteiger partial charge on any atom is -0.508 e. The van der Waals surface area contributed by atoms with Gasteiger partial charge in [0.2, 0.25) is 23.6 Å². The van der Waals surface area contributed by atoms with Gasteiger partial charge in [-0.3, -0.25) is 4.79 Å². The number of fused-ring (bicyclic) bond motifs is 1. The first-order chi connectivity index (χ1) is 25.4. The lowest BCUT2D eigenvalue weighted by atomic mass is 9.99. The average molecular weight is 725 g/mol. The maximum absolute atomic E-state index is 14.0. The zero-order valence-electron chi connectivity index (χ0n) is 27.7. The van der Waals surface area contributed by atoms with E-state index < -0.39 is 65.3 Å². The Morgan fingerprint density at radius 2 is 1.21 bits per heavy atom. The van der Waals surface area contributed by atoms with E-state index in [1.54, 1.807) is 12.1 Å². The normalized spacial score (nSPS) is 20.1. The van der Waals surface area contributed by atoms with Gasteiger partial charge in [-0.25, -0.2) is 9.59 Å². The number of carbonyl (C=O) groups is 2. The maximum Gasteiger partial charge on any atom is 0.331 e. The van der Waals surface area contributed by atoms with Crippen molar-refractivity contribution >= 4 is 35.1 Å². The lowest BCUT2D eigenvalue weighted by Crippen LogP contribution is -2.61. The zero-order chi connectivity index (χ0) is 37.8. The number of hydrogen-bond donors (Lipinski definition) is 6. The minimum atomic E-state index is -1.76. The van der Waals surface area contributed by atoms with E-state index in [0.29, 0.717) is 11.1 Å². The van der Waals surface area contributed by atoms with Crippen LogP contribution in [0.2, 0.25) is 0 Å². The minimum absolute atomic E-state index is 0.00579. The fourth-order valence-corrected chi connectivity index (χ4v) is 5.48. The van der Waals surface area contributed by atoms with Gasteiger partial charge in [0, 0.05) is 29.8 Å². The van der Waals surface area contributed by atoms with Crippen LogP contribution in [0.3, 0.4) is 0 Å². The van der Waals surface area contributed by atoms with Gasteiger partial charge in [-0.05, 0) is 78.7 Å². The smallest absolute Gasteiger partial charge is 0.331 e. The van der Waals surface area contributed by atoms with Crippen molar-refractivity contribution in [2.45, 2.75) is 37.6 Å². The van der Waals surface area contributed by atoms with Gasteiger partial charge in [0.15, 0.2) is 11.9 Å². The van der Waals surface area contributed by atoms with Gasteiger partial charge >= 0.3 is 11.9 Å². The van der Waals surface area contributed by atoms with Crippen molar-refractivity contribution in [1.82, 2.24) is 0 Å². The quantitative estimate of drug-likeness (QED) is 0.0894. The lowest BCUT2D eigenvalue weighted by Gasteiger charge is -2.41. The number of benzene rings is 4. The van der Waals surface area contributed by atoms with Crippen molar-refractivity contribution in [3.63, 3.8) is 0 Å². The standard InChI is InChI=1S/C39H32O14/c1-20-33(47)36(51-30(45)16-6-21-2-10-24(40)11-3-21)38(52-31(46)17-7-22-4-12-25(41)13-5-22)39(49-20)53-37-34(48)32-28(44)18-27(43)19-29(32)50-35(37)23-8-14-26(42)15-9-23/h2-20,33,36,38-44,47H,1H3/b16-6+,17-7+/t20?,33-,36?,38-,39-/m0/s1. The van der Waals surface area contributed by atoms with Crippen LogP contribution >= 0.6 is 0 Å². The second-order valence-corrected chi connectivity index (χ2v) is 11.9. The molecule has 1 aliphatic rings. The Balaban J connectivity index is 1.40. The molecule has 14 nitrogen and oxygen atoms in total. The second kappa shape index (κ2) is 15.2. The average Bonchev–Trinajstić information content (AvgIpc) is 3.12. The highest BCUT2D eigenvalue weighted by Crippen LogP contribution is 2.38. The van der Waals surface area contributed by atoms with Crippen molar-refractivity contribution in [2.24, 2.45) is 0 Å². The number of aliphatic hydroxyl groups is 1. The number of carbonyl (C=O) groups excluding carboxylic acids is 2. The van der Waals surface area contributed by atoms with Crippen molar-refractivity contribution in [1.29, 1.82) is 0 Å². The van der Waals surface area contributed by atoms with Crippen LogP contribution in [-0.2, 0) is 23.8 Å². The van der Waals surface area contributed by atoms with Gasteiger partial charge in [0.05, 0.1) is 6.10 Å². The molecule has 1 fully saturated rings. The third kappa shape index (κ3) is 8.25. The summed E-state index contributed by atoms with van der Waals surface area (Å²) in [4.78, 5) is 40.4. The van der Waals surface area contributed by atoms with E-state index in [0.717, 1.165) is 24.3 Å². The van der Waals surface area contributed by atoms with Crippen molar-refractivity contribution in [3.05, 3.63) is 118 Å². The first-order valence-corrected chi connectivity index (χ1v) is 16.0. The fraction of sp³-hybridized carbons (Fsp3) is 0.154. The summed E-state index contributed by atoms with van der Waals surface area (Å²) >= 11 is 0. The monoisotopic (exact) mass is 724 g/mol. The molecule has 14 heteroatoms. The van der Waals surface area contributed by atoms with Gasteiger partial charge in [-0.1, -0.05) is 24.3 Å². The summed E-state index contributed by atoms with van der Waals surface area (Å²) in [5.74, 6) is -3.89. The van der Waals surface area contributed by atoms with E-state index in [1.807, 2.05) is 0 Å². The molecule has 0 radical (unpaired) electrons. The number of esters is 2. The van der Waals surface area contributed by atoms with E-state index in [-0.39, 0.29) is 39.5 Å². The molecule has 1 saturated heterocycles. The molecule has 2 heterocycles. The Kier molecular flexibility index (Phi) is 10.4. The SMILES string of the molecule is CC1O[C@@H](Oc2c(-c3ccc(O)cc3)oc3cc(O)cc(O)c3c2=O)[C@@H](OC(=O)/C=C/c2ccc(O)cc2)C(OC(=O)/C=C/c2ccc(O)cc2)[C@H]1O. The maximum atomic E-state index is 14.0. The number of ether oxygens (including phenoxy) is 4. The van der Waals surface area contributed by atoms with Crippen molar-refractivity contribution < 1.29 is 63.6 Å². The number of hydrogen-bond acceptors (Lipinski definition) is 14. The first-order valence-electron chi connectivity index (χ1n) is 16.0. The molecule has 1 aromatic heterocycles. The molecule has 6 rings (SSSR count). The highest BCUT2D eigenvalue weighted by molar-refractivity contribution is 5.89. The van der Waals surface area contributed by atoms with E-state index >= 15 is 0 Å². The van der Waals surface area contributed by atoms with E-state index in [4.69, 9.17) is 23.4 Å². The second-order valence-electron chi connectivity index (χ2n) is 11.9. The van der Waals surface area contributed by atoms with Gasteiger partial charge < -0.3 is 54.0 Å². The summed E-state index contributed by atoms with van der Waals surface area (Å²) in [6.45, 7) is 1.43. The molecule has 6 N–H and O–H groups in total. The molecule has 5 atom stereocenters. The summed E-state index contributed by atoms with van der Waals surface area (Å²) in [7, 11) is 0. The number of phenols is 5. The third-order valence-corrected chi connectivity index (χ3v) is 8.15. The highest BCUT2D eigenvalue weighted by atomic mass is 16.7. The molecule has 0 spiro atoms. The molecule has 272 valence electrons. The first kappa shape index (κ1) is 36.0. The van der Waals surface area contributed by atoms with Crippen LogP contribution < -0.4 is 10.2 Å². The Hall–Kier alpha value is -6.77. The van der Waals surface area contributed by atoms with Gasteiger partial charge in [0.1, 0.15) is 45.8 Å². The molecular weight excluding hydrogens is 692 g/mol. The molecule has 53 heavy (non-hydrogen) atoms. The third-order valence-electron chi connectivity index (χ3n) is 8.15. The topological polar surface area (TPSA) is 223 Å². The molecule has 0 aliphatic carbocycles. The van der Waals surface area contributed by atoms with E-state index in [9.17, 15) is 45.0 Å². The molecule has 5 aromatic rings. The van der Waals surface area contributed by atoms with Crippen LogP contribution in [0.5, 0.6) is 34.5 Å². The molecule has 0 saturated carbocycles. The number of rotatable bonds is 9. The van der Waals surface area contributed by atoms with Gasteiger partial charge in [-0.15, -0.1) is 0 Å². The predicted octanol–water partition coefficient (Wildman–Crippen LogP) is 4.72. The molecule has 0 bridgehead atoms. The van der Waals surface area contributed by atoms with Crippen LogP contribution in [0.4, 0.5) is 0 Å². The zero-order valence-corrected chi connectivity index (χ0v) is 27.7. The molecule has 1 aliphatic heterocycles. The number of aliphatic hydroxyl groups excluding tert-OH is 1. The molecule has 4 aromatic carbocycles. The summed E-state index contributed by atoms with van der Waals surface area (Å²) in [5, 5.41) is 60.6. The van der Waals surface area contributed by atoms with Crippen molar-refractivity contribution in [3.8, 4) is 45.8 Å². The molecular formula is C39H32O14. The van der Waals surface area contributed by atoms with Crippen molar-refractivity contribution in [2.75, 3.05) is 0 Å². The predicted molar refractivity (Wildman–Crippen MR) is 188 cm³/mol. The summed E-state index contributed by atoms with van der Waals surface area (Å²) < 4.78 is 29.3. The summed E-state index contributed by atoms with van der Waals surface area (Å²) in [5.41, 5.74) is 0.103. The molecule has 0 amide bonds. The van der Waals surface area contributed by atoms with Crippen LogP contribution in [0.1, 0.15) is 18.1 Å². The Labute approximate surface area is 300 Å². The summed E-state index contributed by atoms with van der Waals surface area (Å²) in [6.07, 6.45) is -3.00. The van der Waals surface area contributed by atoms with Crippen LogP contribution in [0.15, 0.2) is 106 Å². The van der Waals surface area contributed by atoms with E-state index in [1.165, 1.54) is 79.7 Å². The molecule has 2 unspecified atom stereocenters. The van der Waals surface area contributed by atoms with Crippen LogP contribution in [-0.4, -0.2) is 73.3 Å². The van der Waals surface area contributed by atoms with Gasteiger partial charge in [-0.2, -0.15) is 0 Å². The summed E-state index contributed by atoms with van der Waals surface area (Å²) in [6, 6.07) is 19.2. The van der Waals surface area contributed by atoms with E-state index in [2.05, 4.69) is 0 Å². The Morgan fingerprint density at radius 3 is 1.75 bits per heavy atom. The fourth-order valence-electron chi connectivity index (χ4n) is 5.48. The highest BCUT2D eigenvalue weighted by Gasteiger charge is 2.50. The lowest BCUT2D eigenvalue weighted by molar-refractivity contribution is -0.276. The number of phenolic OH excluding ortho intramolecular Hbond substituents is 5. The van der Waals surface area contributed by atoms with Crippen LogP contribution in [0.25, 0.3) is 34.4 Å². The Morgan fingerprint density at radius 1 is 0.698 bits per heavy atom. The van der Waals surface area contributed by atoms with Gasteiger partial charge in [0.25, 0.3) is 0 Å². The Bertz CT molecular complexity index is 2240. The number of aromatic hydroxyl groups is 5. The largest absolute Gasteiger partial charge is 0.508 e.